The summed E-state index contributed by atoms with van der Waals surface area (Å²) in [6, 6.07) is 0. The van der Waals surface area contributed by atoms with Crippen LogP contribution in [0.1, 0.15) is 39.0 Å². The van der Waals surface area contributed by atoms with E-state index in [4.69, 9.17) is 10.0 Å². The number of allylic oxidation sites excluding steroid dienone is 6. The van der Waals surface area contributed by atoms with Gasteiger partial charge in [-0.3, -0.25) is 0 Å². The predicted molar refractivity (Wildman–Crippen MR) is 76.5 cm³/mol. The molecule has 110 valence electrons. The summed E-state index contributed by atoms with van der Waals surface area (Å²) in [4.78, 5) is 0. The maximum absolute atomic E-state index is 14.3. The molecular weight excluding hydrogens is 261 g/mol. The van der Waals surface area contributed by atoms with Gasteiger partial charge in [0.1, 0.15) is 0 Å². The lowest BCUT2D eigenvalue weighted by Gasteiger charge is -2.32. The summed E-state index contributed by atoms with van der Waals surface area (Å²) in [7, 11) is -2.35. The van der Waals surface area contributed by atoms with E-state index in [0.29, 0.717) is 5.92 Å². The van der Waals surface area contributed by atoms with Crippen LogP contribution in [0, 0.1) is 5.92 Å². The standard InChI is InChI=1S/C15H21BF2O2/c1-2-4-11-6-8-12(9-7-11)13-5-3-10-15(18,14(13)17)16(19)20/h3,5,8,10-11,14,19-20H,2,4,6-7,9H2,1H3. The molecule has 0 fully saturated rings. The van der Waals surface area contributed by atoms with Gasteiger partial charge in [0.05, 0.1) is 0 Å². The third-order valence-electron chi connectivity index (χ3n) is 4.27. The van der Waals surface area contributed by atoms with Crippen LogP contribution in [0.2, 0.25) is 0 Å². The molecule has 0 saturated heterocycles. The highest BCUT2D eigenvalue weighted by Gasteiger charge is 2.51. The third-order valence-corrected chi connectivity index (χ3v) is 4.27. The van der Waals surface area contributed by atoms with Gasteiger partial charge in [0.2, 0.25) is 0 Å². The summed E-state index contributed by atoms with van der Waals surface area (Å²) < 4.78 is 28.6. The second-order valence-electron chi connectivity index (χ2n) is 5.70. The fraction of sp³-hybridized carbons (Fsp3) is 0.600. The molecule has 0 spiro atoms. The quantitative estimate of drug-likeness (QED) is 0.778. The van der Waals surface area contributed by atoms with E-state index in [1.165, 1.54) is 12.2 Å². The van der Waals surface area contributed by atoms with Crippen molar-refractivity contribution in [2.24, 2.45) is 5.92 Å². The van der Waals surface area contributed by atoms with Gasteiger partial charge in [-0.05, 0) is 42.4 Å². The van der Waals surface area contributed by atoms with Gasteiger partial charge in [-0.1, -0.05) is 38.0 Å². The van der Waals surface area contributed by atoms with E-state index in [9.17, 15) is 8.78 Å². The van der Waals surface area contributed by atoms with Gasteiger partial charge < -0.3 is 10.0 Å². The molecule has 2 rings (SSSR count). The molecule has 3 unspecified atom stereocenters. The van der Waals surface area contributed by atoms with E-state index < -0.39 is 18.9 Å². The number of alkyl halides is 2. The molecule has 0 aromatic heterocycles. The SMILES string of the molecule is CCCC1CC=C(C2=CC=CC(F)(B(O)O)C2F)CC1. The largest absolute Gasteiger partial charge is 0.499 e. The summed E-state index contributed by atoms with van der Waals surface area (Å²) in [6.45, 7) is 2.14. The summed E-state index contributed by atoms with van der Waals surface area (Å²) in [5.74, 6) is 0.625. The van der Waals surface area contributed by atoms with Crippen molar-refractivity contribution in [1.82, 2.24) is 0 Å². The lowest BCUT2D eigenvalue weighted by atomic mass is 9.62. The van der Waals surface area contributed by atoms with Crippen molar-refractivity contribution in [3.05, 3.63) is 35.5 Å². The zero-order chi connectivity index (χ0) is 14.8. The van der Waals surface area contributed by atoms with Gasteiger partial charge in [0.15, 0.2) is 11.7 Å². The Kier molecular flexibility index (Phi) is 4.81. The van der Waals surface area contributed by atoms with E-state index >= 15 is 0 Å². The fourth-order valence-corrected chi connectivity index (χ4v) is 3.01. The normalized spacial score (nSPS) is 33.6. The second kappa shape index (κ2) is 6.23. The lowest BCUT2D eigenvalue weighted by Crippen LogP contribution is -2.50. The number of halogens is 2. The van der Waals surface area contributed by atoms with Crippen LogP contribution in [0.5, 0.6) is 0 Å². The molecule has 0 aliphatic heterocycles. The topological polar surface area (TPSA) is 40.5 Å². The van der Waals surface area contributed by atoms with Crippen LogP contribution in [-0.2, 0) is 0 Å². The van der Waals surface area contributed by atoms with Crippen molar-refractivity contribution in [2.75, 3.05) is 0 Å². The molecule has 3 atom stereocenters. The Hall–Kier alpha value is -0.935. The van der Waals surface area contributed by atoms with Crippen LogP contribution in [0.3, 0.4) is 0 Å². The maximum Gasteiger partial charge on any atom is 0.499 e. The average molecular weight is 282 g/mol. The molecule has 0 bridgehead atoms. The number of hydrogen-bond donors (Lipinski definition) is 2. The Morgan fingerprint density at radius 3 is 2.75 bits per heavy atom. The van der Waals surface area contributed by atoms with Crippen LogP contribution >= 0.6 is 0 Å². The zero-order valence-corrected chi connectivity index (χ0v) is 11.7. The lowest BCUT2D eigenvalue weighted by molar-refractivity contribution is 0.148. The van der Waals surface area contributed by atoms with Gasteiger partial charge >= 0.3 is 7.12 Å². The third kappa shape index (κ3) is 2.89. The van der Waals surface area contributed by atoms with Crippen molar-refractivity contribution in [3.8, 4) is 0 Å². The molecule has 2 aliphatic rings. The highest BCUT2D eigenvalue weighted by atomic mass is 19.2. The zero-order valence-electron chi connectivity index (χ0n) is 11.7. The Morgan fingerprint density at radius 1 is 1.45 bits per heavy atom. The van der Waals surface area contributed by atoms with Crippen LogP contribution in [0.4, 0.5) is 8.78 Å². The van der Waals surface area contributed by atoms with E-state index in [0.717, 1.165) is 43.8 Å². The molecule has 2 aliphatic carbocycles. The van der Waals surface area contributed by atoms with Crippen LogP contribution < -0.4 is 0 Å². The van der Waals surface area contributed by atoms with Crippen molar-refractivity contribution in [3.63, 3.8) is 0 Å². The smallest absolute Gasteiger partial charge is 0.425 e. The summed E-state index contributed by atoms with van der Waals surface area (Å²) in [5, 5.41) is 18.2. The molecule has 0 heterocycles. The minimum Gasteiger partial charge on any atom is -0.425 e. The Balaban J connectivity index is 2.14. The minimum atomic E-state index is -2.74. The van der Waals surface area contributed by atoms with Crippen LogP contribution in [-0.4, -0.2) is 28.9 Å². The molecule has 20 heavy (non-hydrogen) atoms. The molecule has 0 radical (unpaired) electrons. The monoisotopic (exact) mass is 282 g/mol. The van der Waals surface area contributed by atoms with Gasteiger partial charge in [-0.2, -0.15) is 0 Å². The molecule has 0 aromatic rings. The fourth-order valence-electron chi connectivity index (χ4n) is 3.01. The number of hydrogen-bond acceptors (Lipinski definition) is 2. The first-order valence-corrected chi connectivity index (χ1v) is 7.27. The first-order chi connectivity index (χ1) is 9.49. The number of rotatable bonds is 4. The van der Waals surface area contributed by atoms with Gasteiger partial charge in [-0.25, -0.2) is 8.78 Å². The molecular formula is C15H21BF2O2. The second-order valence-corrected chi connectivity index (χ2v) is 5.70. The highest BCUT2D eigenvalue weighted by molar-refractivity contribution is 6.46. The van der Waals surface area contributed by atoms with E-state index in [2.05, 4.69) is 6.92 Å². The van der Waals surface area contributed by atoms with Crippen LogP contribution in [0.15, 0.2) is 35.5 Å². The van der Waals surface area contributed by atoms with Crippen LogP contribution in [0.25, 0.3) is 0 Å². The van der Waals surface area contributed by atoms with Crippen molar-refractivity contribution in [2.45, 2.75) is 50.8 Å². The van der Waals surface area contributed by atoms with Gasteiger partial charge in [0.25, 0.3) is 0 Å². The highest BCUT2D eigenvalue weighted by Crippen LogP contribution is 2.39. The molecule has 0 amide bonds. The minimum absolute atomic E-state index is 0.248. The van der Waals surface area contributed by atoms with E-state index in [-0.39, 0.29) is 5.57 Å². The van der Waals surface area contributed by atoms with Crippen molar-refractivity contribution in [1.29, 1.82) is 0 Å². The average Bonchev–Trinajstić information content (AvgIpc) is 2.43. The Bertz CT molecular complexity index is 445. The Labute approximate surface area is 119 Å². The molecule has 2 nitrogen and oxygen atoms in total. The molecule has 2 N–H and O–H groups in total. The summed E-state index contributed by atoms with van der Waals surface area (Å²) >= 11 is 0. The first-order valence-electron chi connectivity index (χ1n) is 7.27. The van der Waals surface area contributed by atoms with Gasteiger partial charge in [-0.15, -0.1) is 0 Å². The van der Waals surface area contributed by atoms with E-state index in [1.54, 1.807) is 0 Å². The Morgan fingerprint density at radius 2 is 2.20 bits per heavy atom. The predicted octanol–water partition coefficient (Wildman–Crippen LogP) is 3.07. The van der Waals surface area contributed by atoms with E-state index in [1.807, 2.05) is 6.08 Å². The molecule has 0 saturated carbocycles. The first kappa shape index (κ1) is 15.5. The molecule has 0 aromatic carbocycles. The van der Waals surface area contributed by atoms with Crippen molar-refractivity contribution >= 4 is 7.12 Å². The van der Waals surface area contributed by atoms with Crippen molar-refractivity contribution < 1.29 is 18.8 Å². The summed E-state index contributed by atoms with van der Waals surface area (Å²) in [6.07, 6.45) is 8.62. The molecule has 5 heteroatoms. The summed E-state index contributed by atoms with van der Waals surface area (Å²) in [5.41, 5.74) is -1.69. The van der Waals surface area contributed by atoms with Gasteiger partial charge in [0, 0.05) is 0 Å². The maximum atomic E-state index is 14.3.